The lowest BCUT2D eigenvalue weighted by molar-refractivity contribution is -0.118. The van der Waals surface area contributed by atoms with Crippen molar-refractivity contribution in [3.8, 4) is 0 Å². The Labute approximate surface area is 119 Å². The van der Waals surface area contributed by atoms with Crippen molar-refractivity contribution in [1.29, 1.82) is 0 Å². The van der Waals surface area contributed by atoms with Crippen molar-refractivity contribution in [1.82, 2.24) is 5.32 Å². The molecule has 0 unspecified atom stereocenters. The van der Waals surface area contributed by atoms with Gasteiger partial charge in [-0.15, -0.1) is 0 Å². The molecule has 1 saturated heterocycles. The lowest BCUT2D eigenvalue weighted by atomic mass is 10.1. The van der Waals surface area contributed by atoms with E-state index in [1.54, 1.807) is 0 Å². The van der Waals surface area contributed by atoms with Crippen LogP contribution in [0.3, 0.4) is 0 Å². The molecule has 1 heterocycles. The van der Waals surface area contributed by atoms with Crippen molar-refractivity contribution in [3.05, 3.63) is 23.8 Å². The molecule has 20 heavy (non-hydrogen) atoms. The SMILES string of the molecule is CCC(=O)Nc1cccc(NC(=O)[C@H]2CCCN2)c1C. The summed E-state index contributed by atoms with van der Waals surface area (Å²) in [4.78, 5) is 23.6. The fraction of sp³-hybridized carbons (Fsp3) is 0.467. The highest BCUT2D eigenvalue weighted by atomic mass is 16.2. The number of anilines is 2. The molecule has 3 N–H and O–H groups in total. The summed E-state index contributed by atoms with van der Waals surface area (Å²) < 4.78 is 0. The molecule has 108 valence electrons. The molecule has 1 aliphatic heterocycles. The molecule has 0 aliphatic carbocycles. The minimum Gasteiger partial charge on any atom is -0.326 e. The highest BCUT2D eigenvalue weighted by Crippen LogP contribution is 2.24. The number of nitrogens with one attached hydrogen (secondary N) is 3. The maximum Gasteiger partial charge on any atom is 0.241 e. The van der Waals surface area contributed by atoms with Crippen molar-refractivity contribution < 1.29 is 9.59 Å². The summed E-state index contributed by atoms with van der Waals surface area (Å²) >= 11 is 0. The summed E-state index contributed by atoms with van der Waals surface area (Å²) in [6.45, 7) is 4.59. The van der Waals surface area contributed by atoms with E-state index in [2.05, 4.69) is 16.0 Å². The van der Waals surface area contributed by atoms with Crippen molar-refractivity contribution in [3.63, 3.8) is 0 Å². The Hall–Kier alpha value is -1.88. The van der Waals surface area contributed by atoms with Crippen LogP contribution in [0.15, 0.2) is 18.2 Å². The topological polar surface area (TPSA) is 70.2 Å². The van der Waals surface area contributed by atoms with Gasteiger partial charge in [0.05, 0.1) is 6.04 Å². The maximum absolute atomic E-state index is 12.1. The fourth-order valence-corrected chi connectivity index (χ4v) is 2.27. The van der Waals surface area contributed by atoms with Gasteiger partial charge in [0.15, 0.2) is 0 Å². The van der Waals surface area contributed by atoms with Crippen LogP contribution < -0.4 is 16.0 Å². The Morgan fingerprint density at radius 1 is 1.30 bits per heavy atom. The minimum absolute atomic E-state index is 0.00966. The second kappa shape index (κ2) is 6.52. The molecule has 0 bridgehead atoms. The van der Waals surface area contributed by atoms with Crippen LogP contribution in [0, 0.1) is 6.92 Å². The Morgan fingerprint density at radius 2 is 2.00 bits per heavy atom. The molecular weight excluding hydrogens is 254 g/mol. The molecule has 2 rings (SSSR count). The summed E-state index contributed by atoms with van der Waals surface area (Å²) in [6.07, 6.45) is 2.34. The molecule has 5 nitrogen and oxygen atoms in total. The number of carbonyl (C=O) groups is 2. The van der Waals surface area contributed by atoms with Crippen molar-refractivity contribution in [2.24, 2.45) is 0 Å². The van der Waals surface area contributed by atoms with Gasteiger partial charge in [-0.3, -0.25) is 9.59 Å². The van der Waals surface area contributed by atoms with Gasteiger partial charge in [0, 0.05) is 17.8 Å². The average molecular weight is 275 g/mol. The molecule has 1 aromatic rings. The largest absolute Gasteiger partial charge is 0.326 e. The Kier molecular flexibility index (Phi) is 4.74. The van der Waals surface area contributed by atoms with Crippen molar-refractivity contribution in [2.75, 3.05) is 17.2 Å². The number of benzene rings is 1. The third-order valence-electron chi connectivity index (χ3n) is 3.56. The first-order chi connectivity index (χ1) is 9.61. The van der Waals surface area contributed by atoms with E-state index in [4.69, 9.17) is 0 Å². The standard InChI is InChI=1S/C15H21N3O2/c1-3-14(19)17-11-6-4-7-12(10(11)2)18-15(20)13-8-5-9-16-13/h4,6-7,13,16H,3,5,8-9H2,1-2H3,(H,17,19)(H,18,20)/t13-/m1/s1. The molecule has 0 aromatic heterocycles. The molecule has 2 amide bonds. The molecule has 0 saturated carbocycles. The van der Waals surface area contributed by atoms with Gasteiger partial charge in [-0.25, -0.2) is 0 Å². The van der Waals surface area contributed by atoms with Crippen LogP contribution in [0.25, 0.3) is 0 Å². The minimum atomic E-state index is -0.108. The van der Waals surface area contributed by atoms with Gasteiger partial charge < -0.3 is 16.0 Å². The monoisotopic (exact) mass is 275 g/mol. The van der Waals surface area contributed by atoms with Crippen LogP contribution in [-0.4, -0.2) is 24.4 Å². The number of carbonyl (C=O) groups excluding carboxylic acids is 2. The summed E-state index contributed by atoms with van der Waals surface area (Å²) in [5.41, 5.74) is 2.37. The first-order valence-electron chi connectivity index (χ1n) is 7.05. The van der Waals surface area contributed by atoms with Gasteiger partial charge in [-0.1, -0.05) is 13.0 Å². The van der Waals surface area contributed by atoms with Crippen LogP contribution in [0.5, 0.6) is 0 Å². The first-order valence-corrected chi connectivity index (χ1v) is 7.05. The zero-order chi connectivity index (χ0) is 14.5. The smallest absolute Gasteiger partial charge is 0.241 e. The molecule has 1 atom stereocenters. The third kappa shape index (κ3) is 3.36. The van der Waals surface area contributed by atoms with Crippen molar-refractivity contribution >= 4 is 23.2 Å². The summed E-state index contributed by atoms with van der Waals surface area (Å²) in [5.74, 6) is -0.0430. The second-order valence-electron chi connectivity index (χ2n) is 5.02. The number of hydrogen-bond acceptors (Lipinski definition) is 3. The van der Waals surface area contributed by atoms with Crippen LogP contribution in [-0.2, 0) is 9.59 Å². The van der Waals surface area contributed by atoms with Crippen LogP contribution in [0.4, 0.5) is 11.4 Å². The average Bonchev–Trinajstić information content (AvgIpc) is 2.97. The van der Waals surface area contributed by atoms with E-state index in [0.29, 0.717) is 6.42 Å². The van der Waals surface area contributed by atoms with Gasteiger partial charge >= 0.3 is 0 Å². The molecule has 0 radical (unpaired) electrons. The van der Waals surface area contributed by atoms with Crippen LogP contribution in [0.2, 0.25) is 0 Å². The second-order valence-corrected chi connectivity index (χ2v) is 5.02. The maximum atomic E-state index is 12.1. The molecule has 1 aromatic carbocycles. The highest BCUT2D eigenvalue weighted by Gasteiger charge is 2.22. The molecule has 1 aliphatic rings. The van der Waals surface area contributed by atoms with Gasteiger partial charge in [0.1, 0.15) is 0 Å². The quantitative estimate of drug-likeness (QED) is 0.787. The zero-order valence-corrected chi connectivity index (χ0v) is 12.0. The normalized spacial score (nSPS) is 17.8. The van der Waals surface area contributed by atoms with E-state index in [1.807, 2.05) is 32.0 Å². The van der Waals surface area contributed by atoms with E-state index in [9.17, 15) is 9.59 Å². The van der Waals surface area contributed by atoms with Gasteiger partial charge in [0.2, 0.25) is 11.8 Å². The number of amides is 2. The lowest BCUT2D eigenvalue weighted by Crippen LogP contribution is -2.35. The van der Waals surface area contributed by atoms with Gasteiger partial charge in [-0.05, 0) is 44.0 Å². The molecule has 5 heteroatoms. The van der Waals surface area contributed by atoms with E-state index in [1.165, 1.54) is 0 Å². The summed E-state index contributed by atoms with van der Waals surface area (Å²) in [5, 5.41) is 8.94. The molecule has 1 fully saturated rings. The Balaban J connectivity index is 2.09. The Morgan fingerprint density at radius 3 is 2.60 bits per heavy atom. The van der Waals surface area contributed by atoms with E-state index >= 15 is 0 Å². The van der Waals surface area contributed by atoms with Crippen molar-refractivity contribution in [2.45, 2.75) is 39.2 Å². The van der Waals surface area contributed by atoms with E-state index in [-0.39, 0.29) is 17.9 Å². The van der Waals surface area contributed by atoms with E-state index < -0.39 is 0 Å². The number of rotatable bonds is 4. The van der Waals surface area contributed by atoms with Gasteiger partial charge in [-0.2, -0.15) is 0 Å². The third-order valence-corrected chi connectivity index (χ3v) is 3.56. The Bertz CT molecular complexity index is 508. The van der Waals surface area contributed by atoms with Crippen LogP contribution in [0.1, 0.15) is 31.7 Å². The molecule has 0 spiro atoms. The highest BCUT2D eigenvalue weighted by molar-refractivity contribution is 5.98. The summed E-state index contributed by atoms with van der Waals surface area (Å²) in [7, 11) is 0. The number of hydrogen-bond donors (Lipinski definition) is 3. The zero-order valence-electron chi connectivity index (χ0n) is 12.0. The lowest BCUT2D eigenvalue weighted by Gasteiger charge is -2.15. The predicted molar refractivity (Wildman–Crippen MR) is 79.8 cm³/mol. The summed E-state index contributed by atoms with van der Waals surface area (Å²) in [6, 6.07) is 5.41. The fourth-order valence-electron chi connectivity index (χ4n) is 2.27. The van der Waals surface area contributed by atoms with Gasteiger partial charge in [0.25, 0.3) is 0 Å². The molecular formula is C15H21N3O2. The van der Waals surface area contributed by atoms with E-state index in [0.717, 1.165) is 36.3 Å². The predicted octanol–water partition coefficient (Wildman–Crippen LogP) is 2.03. The first kappa shape index (κ1) is 14.5. The van der Waals surface area contributed by atoms with Crippen LogP contribution >= 0.6 is 0 Å².